The third-order valence-electron chi connectivity index (χ3n) is 2.69. The van der Waals surface area contributed by atoms with Crippen LogP contribution in [-0.4, -0.2) is 59.2 Å². The predicted molar refractivity (Wildman–Crippen MR) is 65.4 cm³/mol. The minimum atomic E-state index is -0.338. The molecule has 16 heavy (non-hydrogen) atoms. The molecule has 0 saturated heterocycles. The summed E-state index contributed by atoms with van der Waals surface area (Å²) in [5.41, 5.74) is 0. The molecule has 0 amide bonds. The fourth-order valence-corrected chi connectivity index (χ4v) is 1.77. The standard InChI is InChI=1S/C12H27NO3/c1-2-3-4-5-6-12(16)11-13(7-9-14)8-10-15/h12,14-16H,2-11H2,1H3. The maximum absolute atomic E-state index is 9.77. The van der Waals surface area contributed by atoms with Crippen LogP contribution in [0.4, 0.5) is 0 Å². The maximum Gasteiger partial charge on any atom is 0.0667 e. The van der Waals surface area contributed by atoms with E-state index in [9.17, 15) is 5.11 Å². The molecule has 0 aliphatic rings. The summed E-state index contributed by atoms with van der Waals surface area (Å²) in [4.78, 5) is 1.89. The van der Waals surface area contributed by atoms with Crippen LogP contribution in [-0.2, 0) is 0 Å². The molecule has 4 heteroatoms. The summed E-state index contributed by atoms with van der Waals surface area (Å²) in [7, 11) is 0. The first-order chi connectivity index (χ1) is 7.74. The van der Waals surface area contributed by atoms with Crippen molar-refractivity contribution in [1.29, 1.82) is 0 Å². The van der Waals surface area contributed by atoms with Gasteiger partial charge in [0, 0.05) is 19.6 Å². The Balaban J connectivity index is 3.59. The number of hydrogen-bond acceptors (Lipinski definition) is 4. The second-order valence-corrected chi connectivity index (χ2v) is 4.25. The van der Waals surface area contributed by atoms with Crippen molar-refractivity contribution in [2.75, 3.05) is 32.8 Å². The van der Waals surface area contributed by atoms with Crippen LogP contribution in [0.3, 0.4) is 0 Å². The average Bonchev–Trinajstić information content (AvgIpc) is 2.25. The molecule has 0 spiro atoms. The molecule has 0 bridgehead atoms. The Kier molecular flexibility index (Phi) is 11.2. The van der Waals surface area contributed by atoms with Gasteiger partial charge in [-0.1, -0.05) is 32.6 Å². The summed E-state index contributed by atoms with van der Waals surface area (Å²) in [6.07, 6.45) is 5.14. The van der Waals surface area contributed by atoms with Crippen molar-refractivity contribution >= 4 is 0 Å². The van der Waals surface area contributed by atoms with Gasteiger partial charge in [0.05, 0.1) is 19.3 Å². The second-order valence-electron chi connectivity index (χ2n) is 4.25. The van der Waals surface area contributed by atoms with Crippen LogP contribution in [0.15, 0.2) is 0 Å². The van der Waals surface area contributed by atoms with E-state index in [-0.39, 0.29) is 19.3 Å². The van der Waals surface area contributed by atoms with E-state index in [1.165, 1.54) is 19.3 Å². The van der Waals surface area contributed by atoms with Crippen molar-refractivity contribution < 1.29 is 15.3 Å². The summed E-state index contributed by atoms with van der Waals surface area (Å²) >= 11 is 0. The number of aliphatic hydroxyl groups excluding tert-OH is 3. The summed E-state index contributed by atoms with van der Waals surface area (Å²) in [5, 5.41) is 27.4. The van der Waals surface area contributed by atoms with Crippen LogP contribution in [0.2, 0.25) is 0 Å². The lowest BCUT2D eigenvalue weighted by Gasteiger charge is -2.23. The zero-order chi connectivity index (χ0) is 12.2. The van der Waals surface area contributed by atoms with E-state index in [0.29, 0.717) is 19.6 Å². The normalized spacial score (nSPS) is 13.3. The smallest absolute Gasteiger partial charge is 0.0667 e. The Morgan fingerprint density at radius 2 is 1.62 bits per heavy atom. The highest BCUT2D eigenvalue weighted by atomic mass is 16.3. The van der Waals surface area contributed by atoms with Gasteiger partial charge in [-0.25, -0.2) is 0 Å². The Hall–Kier alpha value is -0.160. The first kappa shape index (κ1) is 15.8. The van der Waals surface area contributed by atoms with Gasteiger partial charge in [-0.15, -0.1) is 0 Å². The van der Waals surface area contributed by atoms with Gasteiger partial charge in [0.15, 0.2) is 0 Å². The van der Waals surface area contributed by atoms with Gasteiger partial charge in [-0.2, -0.15) is 0 Å². The van der Waals surface area contributed by atoms with Crippen molar-refractivity contribution in [3.63, 3.8) is 0 Å². The highest BCUT2D eigenvalue weighted by Gasteiger charge is 2.10. The Labute approximate surface area is 98.9 Å². The number of rotatable bonds is 11. The Morgan fingerprint density at radius 1 is 1.00 bits per heavy atom. The maximum atomic E-state index is 9.77. The lowest BCUT2D eigenvalue weighted by Crippen LogP contribution is -2.36. The van der Waals surface area contributed by atoms with Gasteiger partial charge in [-0.05, 0) is 6.42 Å². The summed E-state index contributed by atoms with van der Waals surface area (Å²) in [6, 6.07) is 0. The van der Waals surface area contributed by atoms with E-state index in [1.807, 2.05) is 4.90 Å². The van der Waals surface area contributed by atoms with Gasteiger partial charge in [0.25, 0.3) is 0 Å². The Morgan fingerprint density at radius 3 is 2.12 bits per heavy atom. The molecule has 0 aliphatic carbocycles. The first-order valence-electron chi connectivity index (χ1n) is 6.36. The fourth-order valence-electron chi connectivity index (χ4n) is 1.77. The van der Waals surface area contributed by atoms with Crippen molar-refractivity contribution in [3.8, 4) is 0 Å². The van der Waals surface area contributed by atoms with E-state index in [1.54, 1.807) is 0 Å². The number of nitrogens with zero attached hydrogens (tertiary/aromatic N) is 1. The van der Waals surface area contributed by atoms with Crippen molar-refractivity contribution in [2.45, 2.75) is 45.1 Å². The van der Waals surface area contributed by atoms with Crippen molar-refractivity contribution in [3.05, 3.63) is 0 Å². The molecule has 0 aromatic rings. The highest BCUT2D eigenvalue weighted by molar-refractivity contribution is 4.64. The molecule has 1 atom stereocenters. The summed E-state index contributed by atoms with van der Waals surface area (Å²) < 4.78 is 0. The molecule has 0 fully saturated rings. The predicted octanol–water partition coefficient (Wildman–Crippen LogP) is 0.604. The zero-order valence-electron chi connectivity index (χ0n) is 10.4. The third-order valence-corrected chi connectivity index (χ3v) is 2.69. The molecule has 98 valence electrons. The van der Waals surface area contributed by atoms with Crippen LogP contribution < -0.4 is 0 Å². The lowest BCUT2D eigenvalue weighted by molar-refractivity contribution is 0.0809. The van der Waals surface area contributed by atoms with Gasteiger partial charge in [0.1, 0.15) is 0 Å². The van der Waals surface area contributed by atoms with Crippen LogP contribution in [0.25, 0.3) is 0 Å². The molecule has 0 aromatic carbocycles. The number of unbranched alkanes of at least 4 members (excludes halogenated alkanes) is 3. The van der Waals surface area contributed by atoms with Crippen LogP contribution >= 0.6 is 0 Å². The van der Waals surface area contributed by atoms with Gasteiger partial charge in [-0.3, -0.25) is 4.90 Å². The van der Waals surface area contributed by atoms with E-state index in [0.717, 1.165) is 12.8 Å². The van der Waals surface area contributed by atoms with Gasteiger partial charge < -0.3 is 15.3 Å². The van der Waals surface area contributed by atoms with Crippen molar-refractivity contribution in [2.24, 2.45) is 0 Å². The minimum absolute atomic E-state index is 0.0720. The molecule has 0 aromatic heterocycles. The van der Waals surface area contributed by atoms with E-state index < -0.39 is 0 Å². The van der Waals surface area contributed by atoms with Crippen LogP contribution in [0.5, 0.6) is 0 Å². The molecule has 0 aliphatic heterocycles. The fraction of sp³-hybridized carbons (Fsp3) is 1.00. The summed E-state index contributed by atoms with van der Waals surface area (Å²) in [5.74, 6) is 0. The van der Waals surface area contributed by atoms with Crippen LogP contribution in [0, 0.1) is 0 Å². The molecule has 0 rings (SSSR count). The number of hydrogen-bond donors (Lipinski definition) is 3. The van der Waals surface area contributed by atoms with E-state index >= 15 is 0 Å². The SMILES string of the molecule is CCCCCCC(O)CN(CCO)CCO. The molecule has 1 unspecified atom stereocenters. The van der Waals surface area contributed by atoms with Gasteiger partial charge in [0.2, 0.25) is 0 Å². The lowest BCUT2D eigenvalue weighted by atomic mass is 10.1. The van der Waals surface area contributed by atoms with Gasteiger partial charge >= 0.3 is 0 Å². The summed E-state index contributed by atoms with van der Waals surface area (Å²) in [6.45, 7) is 3.90. The molecule has 0 heterocycles. The van der Waals surface area contributed by atoms with E-state index in [2.05, 4.69) is 6.92 Å². The minimum Gasteiger partial charge on any atom is -0.395 e. The first-order valence-corrected chi connectivity index (χ1v) is 6.36. The zero-order valence-corrected chi connectivity index (χ0v) is 10.4. The van der Waals surface area contributed by atoms with Crippen LogP contribution in [0.1, 0.15) is 39.0 Å². The Bertz CT molecular complexity index is 138. The average molecular weight is 233 g/mol. The number of aliphatic hydroxyl groups is 3. The topological polar surface area (TPSA) is 63.9 Å². The molecular formula is C12H27NO3. The molecular weight excluding hydrogens is 206 g/mol. The molecule has 0 radical (unpaired) electrons. The monoisotopic (exact) mass is 233 g/mol. The van der Waals surface area contributed by atoms with E-state index in [4.69, 9.17) is 10.2 Å². The highest BCUT2D eigenvalue weighted by Crippen LogP contribution is 2.06. The van der Waals surface area contributed by atoms with Crippen molar-refractivity contribution in [1.82, 2.24) is 4.90 Å². The molecule has 0 saturated carbocycles. The molecule has 4 nitrogen and oxygen atoms in total. The largest absolute Gasteiger partial charge is 0.395 e. The quantitative estimate of drug-likeness (QED) is 0.457. The molecule has 3 N–H and O–H groups in total. The third kappa shape index (κ3) is 9.09. The second kappa shape index (κ2) is 11.3.